The molecule has 6 heteroatoms. The van der Waals surface area contributed by atoms with Gasteiger partial charge in [0, 0.05) is 19.6 Å². The Labute approximate surface area is 128 Å². The van der Waals surface area contributed by atoms with E-state index in [0.29, 0.717) is 24.5 Å². The van der Waals surface area contributed by atoms with E-state index in [1.54, 1.807) is 16.4 Å². The van der Waals surface area contributed by atoms with Gasteiger partial charge in [0.05, 0.1) is 4.90 Å². The van der Waals surface area contributed by atoms with Gasteiger partial charge in [0.25, 0.3) is 0 Å². The van der Waals surface area contributed by atoms with Gasteiger partial charge in [-0.1, -0.05) is 19.1 Å². The molecule has 1 rings (SSSR count). The monoisotopic (exact) mass is 313 g/mol. The Morgan fingerprint density at radius 2 is 1.86 bits per heavy atom. The van der Waals surface area contributed by atoms with Crippen LogP contribution in [0.4, 0.5) is 0 Å². The molecule has 21 heavy (non-hydrogen) atoms. The van der Waals surface area contributed by atoms with Gasteiger partial charge < -0.3 is 10.6 Å². The Bertz CT molecular complexity index is 556. The van der Waals surface area contributed by atoms with Gasteiger partial charge in [-0.15, -0.1) is 0 Å². The summed E-state index contributed by atoms with van der Waals surface area (Å²) in [7, 11) is 0.518. The number of hydrogen-bond donors (Lipinski definition) is 1. The highest BCUT2D eigenvalue weighted by molar-refractivity contribution is 7.89. The van der Waals surface area contributed by atoms with E-state index in [4.69, 9.17) is 5.73 Å². The van der Waals surface area contributed by atoms with E-state index in [1.807, 2.05) is 34.0 Å². The van der Waals surface area contributed by atoms with Crippen LogP contribution in [0.25, 0.3) is 0 Å². The van der Waals surface area contributed by atoms with Crippen molar-refractivity contribution in [3.8, 4) is 0 Å². The lowest BCUT2D eigenvalue weighted by Crippen LogP contribution is -2.33. The second-order valence-electron chi connectivity index (χ2n) is 5.40. The van der Waals surface area contributed by atoms with Gasteiger partial charge in [0.15, 0.2) is 0 Å². The quantitative estimate of drug-likeness (QED) is 0.788. The zero-order valence-electron chi connectivity index (χ0n) is 13.5. The van der Waals surface area contributed by atoms with Crippen molar-refractivity contribution in [3.63, 3.8) is 0 Å². The van der Waals surface area contributed by atoms with Crippen molar-refractivity contribution in [2.75, 3.05) is 33.7 Å². The van der Waals surface area contributed by atoms with Crippen LogP contribution in [0.15, 0.2) is 23.1 Å². The Balaban J connectivity index is 3.02. The number of rotatable bonds is 8. The summed E-state index contributed by atoms with van der Waals surface area (Å²) in [5.74, 6) is 0. The molecular weight excluding hydrogens is 286 g/mol. The molecule has 0 aliphatic rings. The Morgan fingerprint density at radius 1 is 1.19 bits per heavy atom. The van der Waals surface area contributed by atoms with E-state index in [2.05, 4.69) is 4.90 Å². The highest BCUT2D eigenvalue weighted by Gasteiger charge is 2.25. The first-order chi connectivity index (χ1) is 9.84. The fourth-order valence-corrected chi connectivity index (χ4v) is 4.07. The molecule has 0 amide bonds. The summed E-state index contributed by atoms with van der Waals surface area (Å²) >= 11 is 0. The van der Waals surface area contributed by atoms with E-state index in [0.717, 1.165) is 24.1 Å². The van der Waals surface area contributed by atoms with Crippen LogP contribution in [0.3, 0.4) is 0 Å². The molecule has 1 aromatic carbocycles. The van der Waals surface area contributed by atoms with Gasteiger partial charge in [-0.05, 0) is 51.2 Å². The van der Waals surface area contributed by atoms with Crippen LogP contribution in [-0.2, 0) is 16.6 Å². The lowest BCUT2D eigenvalue weighted by atomic mass is 10.1. The highest BCUT2D eigenvalue weighted by Crippen LogP contribution is 2.22. The summed E-state index contributed by atoms with van der Waals surface area (Å²) in [4.78, 5) is 2.43. The number of sulfonamides is 1. The zero-order chi connectivity index (χ0) is 16.0. The first-order valence-corrected chi connectivity index (χ1v) is 8.72. The van der Waals surface area contributed by atoms with Crippen molar-refractivity contribution in [1.29, 1.82) is 0 Å². The number of benzene rings is 1. The minimum absolute atomic E-state index is 0.349. The molecule has 0 saturated carbocycles. The third-order valence-corrected chi connectivity index (χ3v) is 5.72. The number of nitrogens with zero attached hydrogens (tertiary/aromatic N) is 2. The maximum absolute atomic E-state index is 12.8. The minimum Gasteiger partial charge on any atom is -0.326 e. The first kappa shape index (κ1) is 18.1. The fourth-order valence-electron chi connectivity index (χ4n) is 2.31. The molecule has 5 nitrogen and oxygen atoms in total. The van der Waals surface area contributed by atoms with Crippen LogP contribution >= 0.6 is 0 Å². The van der Waals surface area contributed by atoms with Crippen molar-refractivity contribution in [2.45, 2.75) is 31.7 Å². The number of nitrogens with two attached hydrogens (primary N) is 1. The van der Waals surface area contributed by atoms with Crippen molar-refractivity contribution in [2.24, 2.45) is 5.73 Å². The molecule has 0 fully saturated rings. The Kier molecular flexibility index (Phi) is 6.80. The van der Waals surface area contributed by atoms with Crippen molar-refractivity contribution in [1.82, 2.24) is 9.21 Å². The molecule has 0 aliphatic heterocycles. The first-order valence-electron chi connectivity index (χ1n) is 7.28. The molecule has 0 atom stereocenters. The number of hydrogen-bond acceptors (Lipinski definition) is 4. The van der Waals surface area contributed by atoms with E-state index >= 15 is 0 Å². The normalized spacial score (nSPS) is 12.3. The smallest absolute Gasteiger partial charge is 0.243 e. The Hall–Kier alpha value is -0.950. The molecule has 0 saturated heterocycles. The van der Waals surface area contributed by atoms with Crippen LogP contribution in [0, 0.1) is 6.92 Å². The van der Waals surface area contributed by atoms with Gasteiger partial charge >= 0.3 is 0 Å². The van der Waals surface area contributed by atoms with E-state index < -0.39 is 10.0 Å². The molecule has 0 bridgehead atoms. The second kappa shape index (κ2) is 7.89. The third-order valence-electron chi connectivity index (χ3n) is 3.60. The standard InChI is InChI=1S/C15H27N3O2S/c1-5-18(11-7-10-17(3)4)21(19,20)15-9-6-8-14(12-16)13(15)2/h6,8-9H,5,7,10-12,16H2,1-4H3. The lowest BCUT2D eigenvalue weighted by molar-refractivity contribution is 0.356. The molecule has 0 radical (unpaired) electrons. The highest BCUT2D eigenvalue weighted by atomic mass is 32.2. The SMILES string of the molecule is CCN(CCCN(C)C)S(=O)(=O)c1cccc(CN)c1C. The second-order valence-corrected chi connectivity index (χ2v) is 7.30. The average molecular weight is 313 g/mol. The zero-order valence-corrected chi connectivity index (χ0v) is 14.3. The van der Waals surface area contributed by atoms with Crippen LogP contribution in [-0.4, -0.2) is 51.4 Å². The molecule has 0 spiro atoms. The molecule has 2 N–H and O–H groups in total. The van der Waals surface area contributed by atoms with Crippen molar-refractivity contribution < 1.29 is 8.42 Å². The molecule has 120 valence electrons. The van der Waals surface area contributed by atoms with Gasteiger partial charge in [-0.3, -0.25) is 0 Å². The maximum Gasteiger partial charge on any atom is 0.243 e. The fraction of sp³-hybridized carbons (Fsp3) is 0.600. The van der Waals surface area contributed by atoms with Crippen LogP contribution in [0.2, 0.25) is 0 Å². The third kappa shape index (κ3) is 4.51. The van der Waals surface area contributed by atoms with Crippen LogP contribution in [0.1, 0.15) is 24.5 Å². The summed E-state index contributed by atoms with van der Waals surface area (Å²) in [6, 6.07) is 5.30. The minimum atomic E-state index is -3.45. The van der Waals surface area contributed by atoms with Crippen molar-refractivity contribution in [3.05, 3.63) is 29.3 Å². The van der Waals surface area contributed by atoms with Gasteiger partial charge in [-0.2, -0.15) is 4.31 Å². The van der Waals surface area contributed by atoms with Gasteiger partial charge in [0.1, 0.15) is 0 Å². The molecule has 0 aromatic heterocycles. The summed E-state index contributed by atoms with van der Waals surface area (Å²) in [6.07, 6.45) is 0.815. The topological polar surface area (TPSA) is 66.6 Å². The molecule has 1 aromatic rings. The molecular formula is C15H27N3O2S. The Morgan fingerprint density at radius 3 is 2.38 bits per heavy atom. The lowest BCUT2D eigenvalue weighted by Gasteiger charge is -2.23. The largest absolute Gasteiger partial charge is 0.326 e. The predicted molar refractivity (Wildman–Crippen MR) is 86.7 cm³/mol. The van der Waals surface area contributed by atoms with E-state index in [9.17, 15) is 8.42 Å². The van der Waals surface area contributed by atoms with Gasteiger partial charge in [-0.25, -0.2) is 8.42 Å². The van der Waals surface area contributed by atoms with E-state index in [-0.39, 0.29) is 0 Å². The molecule has 0 unspecified atom stereocenters. The maximum atomic E-state index is 12.8. The summed E-state index contributed by atoms with van der Waals surface area (Å²) in [5, 5.41) is 0. The predicted octanol–water partition coefficient (Wildman–Crippen LogP) is 1.42. The van der Waals surface area contributed by atoms with Gasteiger partial charge in [0.2, 0.25) is 10.0 Å². The average Bonchev–Trinajstić information content (AvgIpc) is 2.43. The van der Waals surface area contributed by atoms with Crippen LogP contribution in [0.5, 0.6) is 0 Å². The molecule has 0 aliphatic carbocycles. The summed E-state index contributed by atoms with van der Waals surface area (Å²) in [5.41, 5.74) is 7.30. The van der Waals surface area contributed by atoms with Crippen molar-refractivity contribution >= 4 is 10.0 Å². The van der Waals surface area contributed by atoms with E-state index in [1.165, 1.54) is 0 Å². The van der Waals surface area contributed by atoms with Crippen LogP contribution < -0.4 is 5.73 Å². The summed E-state index contributed by atoms with van der Waals surface area (Å²) in [6.45, 7) is 5.92. The summed E-state index contributed by atoms with van der Waals surface area (Å²) < 4.78 is 27.1. The molecule has 0 heterocycles.